The molecule has 0 spiro atoms. The first kappa shape index (κ1) is 32.0. The molecule has 0 radical (unpaired) electrons. The molecule has 1 unspecified atom stereocenters. The van der Waals surface area contributed by atoms with Crippen LogP contribution >= 0.6 is 0 Å². The summed E-state index contributed by atoms with van der Waals surface area (Å²) < 4.78 is 52.8. The van der Waals surface area contributed by atoms with E-state index < -0.39 is 23.3 Å². The number of piperazine rings is 1. The summed E-state index contributed by atoms with van der Waals surface area (Å²) in [5, 5.41) is 21.6. The molecule has 0 saturated carbocycles. The number of nitrogens with zero attached hydrogens (tertiary/aromatic N) is 8. The van der Waals surface area contributed by atoms with E-state index in [-0.39, 0.29) is 35.1 Å². The van der Waals surface area contributed by atoms with Gasteiger partial charge in [0.2, 0.25) is 0 Å². The van der Waals surface area contributed by atoms with Crippen molar-refractivity contribution in [1.82, 2.24) is 24.8 Å². The maximum atomic E-state index is 16.9. The molecule has 256 valence electrons. The number of aromatic hydroxyl groups is 1. The van der Waals surface area contributed by atoms with Crippen molar-refractivity contribution in [1.29, 1.82) is 5.26 Å². The Hall–Kier alpha value is -5.22. The summed E-state index contributed by atoms with van der Waals surface area (Å²) in [7, 11) is 0. The number of rotatable bonds is 7. The summed E-state index contributed by atoms with van der Waals surface area (Å²) in [5.41, 5.74) is 0.533. The van der Waals surface area contributed by atoms with Gasteiger partial charge < -0.3 is 19.6 Å². The Morgan fingerprint density at radius 3 is 2.62 bits per heavy atom. The Bertz CT molecular complexity index is 2170. The summed E-state index contributed by atoms with van der Waals surface area (Å²) >= 11 is 0. The van der Waals surface area contributed by atoms with E-state index in [4.69, 9.17) is 9.72 Å². The molecule has 0 bridgehead atoms. The maximum Gasteiger partial charge on any atom is 0.319 e. The zero-order chi connectivity index (χ0) is 34.6. The van der Waals surface area contributed by atoms with Crippen LogP contribution in [0.5, 0.6) is 11.8 Å². The van der Waals surface area contributed by atoms with Crippen LogP contribution in [0.25, 0.3) is 32.9 Å². The molecule has 2 atom stereocenters. The van der Waals surface area contributed by atoms with E-state index in [1.165, 1.54) is 24.4 Å². The molecule has 0 aliphatic carbocycles. The van der Waals surface area contributed by atoms with Crippen LogP contribution in [0.15, 0.2) is 48.8 Å². The second kappa shape index (κ2) is 12.6. The lowest BCUT2D eigenvalue weighted by Crippen LogP contribution is -2.47. The molecule has 3 aliphatic rings. The number of alkyl halides is 1. The Balaban J connectivity index is 1.22. The third-order valence-corrected chi connectivity index (χ3v) is 10.4. The lowest BCUT2D eigenvalue weighted by molar-refractivity contribution is 0.107. The highest BCUT2D eigenvalue weighted by Gasteiger charge is 2.49. The zero-order valence-corrected chi connectivity index (χ0v) is 27.5. The molecule has 5 aromatic rings. The molecule has 0 amide bonds. The van der Waals surface area contributed by atoms with Crippen LogP contribution in [0.2, 0.25) is 0 Å². The van der Waals surface area contributed by atoms with Gasteiger partial charge in [-0.3, -0.25) is 9.88 Å². The second-order valence-electron chi connectivity index (χ2n) is 13.3. The minimum absolute atomic E-state index is 0.0320. The van der Waals surface area contributed by atoms with E-state index in [2.05, 4.69) is 25.9 Å². The third-order valence-electron chi connectivity index (χ3n) is 10.4. The van der Waals surface area contributed by atoms with Gasteiger partial charge in [0, 0.05) is 57.1 Å². The first-order valence-electron chi connectivity index (χ1n) is 17.0. The third kappa shape index (κ3) is 5.38. The van der Waals surface area contributed by atoms with Crippen LogP contribution < -0.4 is 14.5 Å². The Morgan fingerprint density at radius 1 is 1.04 bits per heavy atom. The van der Waals surface area contributed by atoms with Gasteiger partial charge in [-0.2, -0.15) is 15.2 Å². The Kier molecular flexibility index (Phi) is 8.06. The largest absolute Gasteiger partial charge is 0.508 e. The van der Waals surface area contributed by atoms with Gasteiger partial charge in [0.15, 0.2) is 5.82 Å². The molecule has 2 aromatic carbocycles. The van der Waals surface area contributed by atoms with Crippen molar-refractivity contribution in [2.24, 2.45) is 0 Å². The van der Waals surface area contributed by atoms with Crippen LogP contribution in [-0.4, -0.2) is 87.5 Å². The monoisotopic (exact) mass is 680 g/mol. The Labute approximate surface area is 286 Å². The number of phenolic OH excluding ortho intramolecular Hbond substituents is 1. The smallest absolute Gasteiger partial charge is 0.319 e. The number of hydrogen-bond acceptors (Lipinski definition) is 10. The molecule has 3 fully saturated rings. The van der Waals surface area contributed by atoms with Crippen LogP contribution in [0.3, 0.4) is 0 Å². The van der Waals surface area contributed by atoms with Gasteiger partial charge in [0.1, 0.15) is 53.3 Å². The van der Waals surface area contributed by atoms with E-state index in [9.17, 15) is 14.8 Å². The van der Waals surface area contributed by atoms with Gasteiger partial charge in [0.05, 0.1) is 16.5 Å². The maximum absolute atomic E-state index is 16.9. The number of anilines is 2. The summed E-state index contributed by atoms with van der Waals surface area (Å²) in [6.45, 7) is 5.15. The van der Waals surface area contributed by atoms with Crippen LogP contribution in [0, 0.1) is 23.0 Å². The molecule has 10 nitrogen and oxygen atoms in total. The van der Waals surface area contributed by atoms with Crippen molar-refractivity contribution in [2.45, 2.75) is 44.3 Å². The number of hydrogen-bond donors (Lipinski definition) is 1. The number of fused-ring (bicyclic) bond motifs is 3. The van der Waals surface area contributed by atoms with Crippen molar-refractivity contribution >= 4 is 33.3 Å². The SMILES string of the molecule is CCc1c(F)ccc2cc(O)cc(-c3ncc4c(N5CCN(c6ncccc6C#N)CC5)nc(OCC56CCCN5C[C@H](F)C6)nc4c3F)c12. The normalized spacial score (nSPS) is 20.8. The lowest BCUT2D eigenvalue weighted by Gasteiger charge is -2.36. The highest BCUT2D eigenvalue weighted by Crippen LogP contribution is 2.42. The van der Waals surface area contributed by atoms with Gasteiger partial charge >= 0.3 is 6.01 Å². The zero-order valence-electron chi connectivity index (χ0n) is 27.5. The van der Waals surface area contributed by atoms with Gasteiger partial charge in [-0.25, -0.2) is 18.2 Å². The molecule has 50 heavy (non-hydrogen) atoms. The van der Waals surface area contributed by atoms with E-state index in [1.807, 2.05) is 16.7 Å². The van der Waals surface area contributed by atoms with Gasteiger partial charge in [0.25, 0.3) is 0 Å². The first-order valence-corrected chi connectivity index (χ1v) is 17.0. The highest BCUT2D eigenvalue weighted by atomic mass is 19.1. The number of nitriles is 1. The number of aromatic nitrogens is 4. The lowest BCUT2D eigenvalue weighted by atomic mass is 9.94. The van der Waals surface area contributed by atoms with Crippen LogP contribution in [0.4, 0.5) is 24.8 Å². The summed E-state index contributed by atoms with van der Waals surface area (Å²) in [5.74, 6) is -0.259. The summed E-state index contributed by atoms with van der Waals surface area (Å²) in [6.07, 6.45) is 4.66. The van der Waals surface area contributed by atoms with E-state index in [0.717, 1.165) is 19.4 Å². The quantitative estimate of drug-likeness (QED) is 0.222. The van der Waals surface area contributed by atoms with Crippen molar-refractivity contribution in [3.05, 3.63) is 71.6 Å². The number of benzene rings is 2. The van der Waals surface area contributed by atoms with Crippen LogP contribution in [0.1, 0.15) is 37.3 Å². The van der Waals surface area contributed by atoms with E-state index >= 15 is 8.78 Å². The molecule has 13 heteroatoms. The number of phenols is 1. The van der Waals surface area contributed by atoms with Gasteiger partial charge in [-0.15, -0.1) is 0 Å². The Morgan fingerprint density at radius 2 is 1.84 bits per heavy atom. The fourth-order valence-corrected chi connectivity index (χ4v) is 8.06. The molecular formula is C37H35F3N8O2. The van der Waals surface area contributed by atoms with Gasteiger partial charge in [-0.05, 0) is 72.5 Å². The van der Waals surface area contributed by atoms with Crippen LogP contribution in [-0.2, 0) is 6.42 Å². The predicted molar refractivity (Wildman–Crippen MR) is 183 cm³/mol. The fourth-order valence-electron chi connectivity index (χ4n) is 8.06. The average molecular weight is 681 g/mol. The molecule has 6 heterocycles. The van der Waals surface area contributed by atoms with E-state index in [0.29, 0.717) is 84.5 Å². The topological polar surface area (TPSA) is 115 Å². The average Bonchev–Trinajstić information content (AvgIpc) is 3.66. The molecule has 1 N–H and O–H groups in total. The van der Waals surface area contributed by atoms with Crippen molar-refractivity contribution in [2.75, 3.05) is 55.7 Å². The summed E-state index contributed by atoms with van der Waals surface area (Å²) in [6, 6.07) is 11.4. The van der Waals surface area contributed by atoms with E-state index in [1.54, 1.807) is 24.4 Å². The molecule has 3 saturated heterocycles. The molecule has 8 rings (SSSR count). The number of pyridine rings is 2. The van der Waals surface area contributed by atoms with Crippen molar-refractivity contribution < 1.29 is 23.0 Å². The number of halogens is 3. The minimum Gasteiger partial charge on any atom is -0.508 e. The summed E-state index contributed by atoms with van der Waals surface area (Å²) in [4.78, 5) is 24.5. The standard InChI is InChI=1S/C37H35F3N8O2/c1-2-26-29(39)7-6-22-15-25(49)16-27(30(22)26)32-31(40)33-28(19-43-32)35(47-13-11-46(12-14-47)34-23(18-41)5-3-9-42-34)45-36(44-33)50-21-37-8-4-10-48(37)20-24(38)17-37/h3,5-7,9,15-16,19,24,49H,2,4,8,10-14,17,20-21H2,1H3/t24-,37?/m1/s1. The van der Waals surface area contributed by atoms with Gasteiger partial charge in [-0.1, -0.05) is 13.0 Å². The second-order valence-corrected chi connectivity index (χ2v) is 13.3. The molecule has 3 aliphatic heterocycles. The highest BCUT2D eigenvalue weighted by molar-refractivity contribution is 6.01. The van der Waals surface area contributed by atoms with Crippen molar-refractivity contribution in [3.8, 4) is 29.1 Å². The fraction of sp³-hybridized carbons (Fsp3) is 0.378. The number of ether oxygens (including phenoxy) is 1. The van der Waals surface area contributed by atoms with Crippen molar-refractivity contribution in [3.63, 3.8) is 0 Å². The predicted octanol–water partition coefficient (Wildman–Crippen LogP) is 5.94. The molecule has 3 aromatic heterocycles. The first-order chi connectivity index (χ1) is 24.3. The minimum atomic E-state index is -0.940. The molecular weight excluding hydrogens is 645 g/mol. The number of aryl methyl sites for hydroxylation is 1.